The molecule has 16 heavy (non-hydrogen) atoms. The van der Waals surface area contributed by atoms with E-state index in [0.717, 1.165) is 12.4 Å². The molecule has 1 heterocycles. The fraction of sp³-hybridized carbons (Fsp3) is 0.375. The number of halogens is 4. The molecule has 0 spiro atoms. The monoisotopic (exact) mass is 238 g/mol. The molecule has 0 N–H and O–H groups in total. The predicted octanol–water partition coefficient (Wildman–Crippen LogP) is 1.57. The van der Waals surface area contributed by atoms with E-state index in [1.165, 1.54) is 0 Å². The number of carbonyl (C=O) groups excluding carboxylic acids is 1. The normalized spacial score (nSPS) is 11.6. The van der Waals surface area contributed by atoms with E-state index in [4.69, 9.17) is 0 Å². The summed E-state index contributed by atoms with van der Waals surface area (Å²) >= 11 is 0. The van der Waals surface area contributed by atoms with E-state index in [2.05, 4.69) is 14.7 Å². The second-order valence-corrected chi connectivity index (χ2v) is 2.77. The Hall–Kier alpha value is -1.73. The van der Waals surface area contributed by atoms with Gasteiger partial charge >= 0.3 is 18.4 Å². The third-order valence-corrected chi connectivity index (χ3v) is 1.50. The van der Waals surface area contributed by atoms with Crippen LogP contribution < -0.4 is 4.74 Å². The largest absolute Gasteiger partial charge is 0.457 e. The topological polar surface area (TPSA) is 52.1 Å². The maximum absolute atomic E-state index is 12.4. The first-order valence-corrected chi connectivity index (χ1v) is 4.01. The van der Waals surface area contributed by atoms with Crippen LogP contribution >= 0.6 is 0 Å². The summed E-state index contributed by atoms with van der Waals surface area (Å²) in [7, 11) is 0. The maximum atomic E-state index is 12.4. The lowest BCUT2D eigenvalue weighted by Gasteiger charge is -2.14. The van der Waals surface area contributed by atoms with Crippen LogP contribution in [0.2, 0.25) is 0 Å². The zero-order valence-electron chi connectivity index (χ0n) is 7.74. The summed E-state index contributed by atoms with van der Waals surface area (Å²) in [5, 5.41) is 0. The van der Waals surface area contributed by atoms with Gasteiger partial charge < -0.3 is 4.74 Å². The maximum Gasteiger partial charge on any atom is 0.340 e. The van der Waals surface area contributed by atoms with Crippen molar-refractivity contribution in [3.8, 4) is 6.01 Å². The summed E-state index contributed by atoms with van der Waals surface area (Å²) in [6.07, 6.45) is -1.33. The number of aromatic nitrogens is 2. The van der Waals surface area contributed by atoms with Crippen LogP contribution in [-0.4, -0.2) is 35.2 Å². The smallest absolute Gasteiger partial charge is 0.340 e. The van der Waals surface area contributed by atoms with E-state index in [-0.39, 0.29) is 5.56 Å². The molecule has 8 heteroatoms. The van der Waals surface area contributed by atoms with Crippen molar-refractivity contribution in [2.75, 3.05) is 6.61 Å². The third-order valence-electron chi connectivity index (χ3n) is 1.50. The average molecular weight is 238 g/mol. The first-order chi connectivity index (χ1) is 7.45. The highest BCUT2D eigenvalue weighted by Crippen LogP contribution is 2.23. The fourth-order valence-corrected chi connectivity index (χ4v) is 0.685. The van der Waals surface area contributed by atoms with Gasteiger partial charge in [0.05, 0.1) is 5.56 Å². The zero-order valence-corrected chi connectivity index (χ0v) is 7.74. The first kappa shape index (κ1) is 12.3. The van der Waals surface area contributed by atoms with Gasteiger partial charge in [-0.05, 0) is 0 Å². The van der Waals surface area contributed by atoms with E-state index in [1.807, 2.05) is 0 Å². The molecule has 0 amide bonds. The molecule has 0 atom stereocenters. The van der Waals surface area contributed by atoms with Crippen molar-refractivity contribution in [3.63, 3.8) is 0 Å². The Labute approximate surface area is 87.3 Å². The molecule has 88 valence electrons. The Bertz CT molecular complexity index is 356. The standard InChI is InChI=1S/C8H6F4N2O2/c9-6(10)8(11,12)4-16-7-13-1-5(3-15)2-14-7/h1-3,6H,4H2. The van der Waals surface area contributed by atoms with Gasteiger partial charge in [-0.2, -0.15) is 8.78 Å². The molecule has 1 rings (SSSR count). The number of alkyl halides is 4. The summed E-state index contributed by atoms with van der Waals surface area (Å²) < 4.78 is 52.5. The molecule has 0 bridgehead atoms. The first-order valence-electron chi connectivity index (χ1n) is 4.01. The van der Waals surface area contributed by atoms with Crippen LogP contribution in [0.1, 0.15) is 10.4 Å². The summed E-state index contributed by atoms with van der Waals surface area (Å²) in [5.41, 5.74) is 0.118. The Morgan fingerprint density at radius 3 is 2.38 bits per heavy atom. The van der Waals surface area contributed by atoms with Crippen LogP contribution in [0.5, 0.6) is 6.01 Å². The fourth-order valence-electron chi connectivity index (χ4n) is 0.685. The van der Waals surface area contributed by atoms with Crippen LogP contribution in [0.25, 0.3) is 0 Å². The Morgan fingerprint density at radius 1 is 1.38 bits per heavy atom. The number of hydrogen-bond donors (Lipinski definition) is 0. The van der Waals surface area contributed by atoms with Crippen LogP contribution in [-0.2, 0) is 0 Å². The number of carbonyl (C=O) groups is 1. The molecule has 0 aromatic carbocycles. The van der Waals surface area contributed by atoms with Crippen molar-refractivity contribution in [3.05, 3.63) is 18.0 Å². The van der Waals surface area contributed by atoms with E-state index >= 15 is 0 Å². The zero-order chi connectivity index (χ0) is 12.2. The second-order valence-electron chi connectivity index (χ2n) is 2.77. The molecule has 0 aliphatic heterocycles. The Kier molecular flexibility index (Phi) is 3.75. The van der Waals surface area contributed by atoms with Crippen molar-refractivity contribution in [2.45, 2.75) is 12.3 Å². The Balaban J connectivity index is 2.58. The quantitative estimate of drug-likeness (QED) is 0.577. The minimum absolute atomic E-state index is 0.118. The third kappa shape index (κ3) is 3.14. The molecule has 1 aromatic heterocycles. The molecule has 0 saturated heterocycles. The lowest BCUT2D eigenvalue weighted by molar-refractivity contribution is -0.149. The van der Waals surface area contributed by atoms with Gasteiger partial charge in [-0.25, -0.2) is 18.7 Å². The van der Waals surface area contributed by atoms with E-state index in [9.17, 15) is 22.4 Å². The van der Waals surface area contributed by atoms with Crippen molar-refractivity contribution in [1.29, 1.82) is 0 Å². The van der Waals surface area contributed by atoms with E-state index in [1.54, 1.807) is 0 Å². The highest BCUT2D eigenvalue weighted by molar-refractivity contribution is 5.73. The summed E-state index contributed by atoms with van der Waals surface area (Å²) in [6.45, 7) is -1.52. The summed E-state index contributed by atoms with van der Waals surface area (Å²) in [6, 6.07) is -0.495. The second kappa shape index (κ2) is 4.86. The van der Waals surface area contributed by atoms with Crippen molar-refractivity contribution in [1.82, 2.24) is 9.97 Å². The summed E-state index contributed by atoms with van der Waals surface area (Å²) in [5.74, 6) is -4.26. The molecule has 0 aliphatic carbocycles. The predicted molar refractivity (Wildman–Crippen MR) is 43.9 cm³/mol. The SMILES string of the molecule is O=Cc1cnc(OCC(F)(F)C(F)F)nc1. The molecular weight excluding hydrogens is 232 g/mol. The molecule has 0 saturated carbocycles. The molecular formula is C8H6F4N2O2. The van der Waals surface area contributed by atoms with E-state index in [0.29, 0.717) is 6.29 Å². The molecule has 1 aromatic rings. The molecule has 4 nitrogen and oxygen atoms in total. The number of ether oxygens (including phenoxy) is 1. The van der Waals surface area contributed by atoms with Gasteiger partial charge in [0.2, 0.25) is 0 Å². The van der Waals surface area contributed by atoms with E-state index < -0.39 is 25.0 Å². The highest BCUT2D eigenvalue weighted by atomic mass is 19.3. The summed E-state index contributed by atoms with van der Waals surface area (Å²) in [4.78, 5) is 16.9. The van der Waals surface area contributed by atoms with Crippen LogP contribution in [0.15, 0.2) is 12.4 Å². The molecule has 0 unspecified atom stereocenters. The number of nitrogens with zero attached hydrogens (tertiary/aromatic N) is 2. The van der Waals surface area contributed by atoms with Crippen molar-refractivity contribution in [2.24, 2.45) is 0 Å². The highest BCUT2D eigenvalue weighted by Gasteiger charge is 2.41. The van der Waals surface area contributed by atoms with Gasteiger partial charge in [-0.15, -0.1) is 0 Å². The van der Waals surface area contributed by atoms with Gasteiger partial charge in [0.15, 0.2) is 12.9 Å². The van der Waals surface area contributed by atoms with Gasteiger partial charge in [-0.3, -0.25) is 4.79 Å². The molecule has 0 radical (unpaired) electrons. The molecule has 0 fully saturated rings. The van der Waals surface area contributed by atoms with Gasteiger partial charge in [0.1, 0.15) is 0 Å². The van der Waals surface area contributed by atoms with Gasteiger partial charge in [-0.1, -0.05) is 0 Å². The molecule has 0 aliphatic rings. The Morgan fingerprint density at radius 2 is 1.94 bits per heavy atom. The van der Waals surface area contributed by atoms with Crippen LogP contribution in [0, 0.1) is 0 Å². The number of hydrogen-bond acceptors (Lipinski definition) is 4. The minimum atomic E-state index is -4.26. The minimum Gasteiger partial charge on any atom is -0.457 e. The van der Waals surface area contributed by atoms with Crippen molar-refractivity contribution < 1.29 is 27.1 Å². The van der Waals surface area contributed by atoms with Crippen LogP contribution in [0.3, 0.4) is 0 Å². The number of rotatable bonds is 5. The number of aldehydes is 1. The average Bonchev–Trinajstić information content (AvgIpc) is 2.27. The lowest BCUT2D eigenvalue weighted by atomic mass is 10.4. The van der Waals surface area contributed by atoms with Gasteiger partial charge in [0, 0.05) is 12.4 Å². The van der Waals surface area contributed by atoms with Crippen molar-refractivity contribution >= 4 is 6.29 Å². The lowest BCUT2D eigenvalue weighted by Crippen LogP contribution is -2.34. The van der Waals surface area contributed by atoms with Crippen LogP contribution in [0.4, 0.5) is 17.6 Å². The van der Waals surface area contributed by atoms with Gasteiger partial charge in [0.25, 0.3) is 0 Å².